The maximum absolute atomic E-state index is 13.6. The molecule has 3 rings (SSSR count). The number of methoxy groups -OCH3 is 1. The fraction of sp³-hybridized carbons (Fsp3) is 0.481. The number of aliphatic hydroxyl groups excluding tert-OH is 1. The monoisotopic (exact) mass is 579 g/mol. The Morgan fingerprint density at radius 2 is 1.92 bits per heavy atom. The van der Waals surface area contributed by atoms with Gasteiger partial charge in [0.2, 0.25) is 20.0 Å². The molecule has 1 heterocycles. The molecule has 0 saturated heterocycles. The van der Waals surface area contributed by atoms with E-state index in [1.54, 1.807) is 38.1 Å². The van der Waals surface area contributed by atoms with E-state index < -0.39 is 38.1 Å². The largest absolute Gasteiger partial charge is 0.497 e. The molecule has 1 aliphatic heterocycles. The van der Waals surface area contributed by atoms with Crippen molar-refractivity contribution in [3.05, 3.63) is 48.0 Å². The highest BCUT2D eigenvalue weighted by Crippen LogP contribution is 2.34. The van der Waals surface area contributed by atoms with E-state index in [0.29, 0.717) is 17.9 Å². The second kappa shape index (κ2) is 12.7. The number of hydrogen-bond donors (Lipinski definition) is 1. The summed E-state index contributed by atoms with van der Waals surface area (Å²) >= 11 is 0. The van der Waals surface area contributed by atoms with E-state index >= 15 is 0 Å². The highest BCUT2D eigenvalue weighted by Gasteiger charge is 2.39. The minimum Gasteiger partial charge on any atom is -0.497 e. The molecule has 0 radical (unpaired) electrons. The van der Waals surface area contributed by atoms with Gasteiger partial charge in [-0.3, -0.25) is 4.90 Å². The summed E-state index contributed by atoms with van der Waals surface area (Å²) in [4.78, 5) is 1.92. The van der Waals surface area contributed by atoms with Crippen molar-refractivity contribution in [1.29, 1.82) is 0 Å². The summed E-state index contributed by atoms with van der Waals surface area (Å²) in [6.07, 6.45) is -0.706. The molecule has 1 N–H and O–H groups in total. The number of aliphatic hydroxyl groups is 1. The van der Waals surface area contributed by atoms with Crippen LogP contribution in [0.5, 0.6) is 11.5 Å². The van der Waals surface area contributed by atoms with Crippen molar-refractivity contribution in [2.24, 2.45) is 5.92 Å². The number of fused-ring (bicyclic) bond motifs is 1. The number of nitrogens with zero attached hydrogens (tertiary/aromatic N) is 3. The minimum atomic E-state index is -4.02. The molecule has 0 saturated carbocycles. The van der Waals surface area contributed by atoms with E-state index in [1.165, 1.54) is 41.0 Å². The zero-order valence-corrected chi connectivity index (χ0v) is 24.8. The summed E-state index contributed by atoms with van der Waals surface area (Å²) < 4.78 is 68.0. The number of sulfonamides is 2. The predicted octanol–water partition coefficient (Wildman–Crippen LogP) is 1.70. The Hall–Kier alpha value is -2.66. The highest BCUT2D eigenvalue weighted by atomic mass is 32.2. The van der Waals surface area contributed by atoms with Gasteiger partial charge in [0.1, 0.15) is 22.5 Å². The van der Waals surface area contributed by atoms with Crippen LogP contribution in [0.1, 0.15) is 19.4 Å². The zero-order valence-electron chi connectivity index (χ0n) is 23.2. The molecule has 3 atom stereocenters. The van der Waals surface area contributed by atoms with Crippen molar-refractivity contribution in [1.82, 2.24) is 13.5 Å². The zero-order chi connectivity index (χ0) is 29.0. The van der Waals surface area contributed by atoms with Gasteiger partial charge in [-0.05, 0) is 51.4 Å². The van der Waals surface area contributed by atoms with Crippen LogP contribution < -0.4 is 9.47 Å². The van der Waals surface area contributed by atoms with Crippen molar-refractivity contribution < 1.29 is 31.4 Å². The molecule has 10 nitrogen and oxygen atoms in total. The number of ether oxygens (including phenoxy) is 2. The SMILES string of the molecule is COc1cccc(S(=O)(=O)N(C)C[C@@H]2Oc3cc(C#CCN(C)C)ccc3S(=O)(=O)N([C@@H](C)CO)C[C@H]2C)c1. The number of benzene rings is 2. The molecule has 0 fully saturated rings. The fourth-order valence-electron chi connectivity index (χ4n) is 4.11. The van der Waals surface area contributed by atoms with E-state index in [4.69, 9.17) is 9.47 Å². The molecule has 0 aliphatic carbocycles. The van der Waals surface area contributed by atoms with Gasteiger partial charge < -0.3 is 14.6 Å². The van der Waals surface area contributed by atoms with Crippen LogP contribution in [-0.4, -0.2) is 102 Å². The van der Waals surface area contributed by atoms with Crippen LogP contribution >= 0.6 is 0 Å². The molecule has 214 valence electrons. The maximum Gasteiger partial charge on any atom is 0.247 e. The van der Waals surface area contributed by atoms with Gasteiger partial charge in [0.15, 0.2) is 0 Å². The van der Waals surface area contributed by atoms with Crippen LogP contribution in [-0.2, 0) is 20.0 Å². The molecule has 2 aromatic rings. The lowest BCUT2D eigenvalue weighted by atomic mass is 10.0. The lowest BCUT2D eigenvalue weighted by Gasteiger charge is -2.37. The van der Waals surface area contributed by atoms with Gasteiger partial charge in [0.05, 0.1) is 31.7 Å². The van der Waals surface area contributed by atoms with Crippen molar-refractivity contribution >= 4 is 20.0 Å². The van der Waals surface area contributed by atoms with Gasteiger partial charge in [-0.2, -0.15) is 8.61 Å². The maximum atomic E-state index is 13.6. The Kier molecular flexibility index (Phi) is 10.0. The molecule has 0 spiro atoms. The van der Waals surface area contributed by atoms with Gasteiger partial charge in [-0.25, -0.2) is 16.8 Å². The molecular formula is C27H37N3O7S2. The Bertz CT molecular complexity index is 1430. The Balaban J connectivity index is 2.04. The third kappa shape index (κ3) is 7.11. The Labute approximate surface area is 232 Å². The second-order valence-corrected chi connectivity index (χ2v) is 13.8. The summed E-state index contributed by atoms with van der Waals surface area (Å²) in [5, 5.41) is 9.83. The van der Waals surface area contributed by atoms with E-state index in [2.05, 4.69) is 11.8 Å². The van der Waals surface area contributed by atoms with Crippen molar-refractivity contribution in [3.63, 3.8) is 0 Å². The quantitative estimate of drug-likeness (QED) is 0.470. The van der Waals surface area contributed by atoms with Gasteiger partial charge >= 0.3 is 0 Å². The molecule has 1 aliphatic rings. The van der Waals surface area contributed by atoms with E-state index in [0.717, 1.165) is 0 Å². The third-order valence-corrected chi connectivity index (χ3v) is 10.3. The standard InChI is InChI=1S/C27H37N3O7S2/c1-20-17-30(21(2)19-31)39(34,35)27-13-12-22(9-8-14-28(3)4)15-25(27)37-26(20)18-29(5)38(32,33)24-11-7-10-23(16-24)36-6/h7,10-13,15-16,20-21,26,31H,14,17-19H2,1-6H3/t20-,21+,26+/m1/s1. The van der Waals surface area contributed by atoms with Gasteiger partial charge in [-0.1, -0.05) is 24.8 Å². The summed E-state index contributed by atoms with van der Waals surface area (Å²) in [7, 11) is -1.22. The number of rotatable bonds is 8. The smallest absolute Gasteiger partial charge is 0.247 e. The summed E-state index contributed by atoms with van der Waals surface area (Å²) in [5.74, 6) is 6.12. The van der Waals surface area contributed by atoms with Crippen LogP contribution in [0.2, 0.25) is 0 Å². The van der Waals surface area contributed by atoms with Crippen LogP contribution in [0.3, 0.4) is 0 Å². The first-order chi connectivity index (χ1) is 18.3. The molecule has 0 amide bonds. The summed E-state index contributed by atoms with van der Waals surface area (Å²) in [6.45, 7) is 3.57. The normalized spacial score (nSPS) is 20.2. The first-order valence-corrected chi connectivity index (χ1v) is 15.4. The molecule has 12 heteroatoms. The molecule has 0 aromatic heterocycles. The van der Waals surface area contributed by atoms with Crippen LogP contribution in [0.4, 0.5) is 0 Å². The molecule has 39 heavy (non-hydrogen) atoms. The highest BCUT2D eigenvalue weighted by molar-refractivity contribution is 7.89. The average molecular weight is 580 g/mol. The first-order valence-electron chi connectivity index (χ1n) is 12.5. The predicted molar refractivity (Wildman–Crippen MR) is 149 cm³/mol. The fourth-order valence-corrected chi connectivity index (χ4v) is 7.16. The lowest BCUT2D eigenvalue weighted by Crippen LogP contribution is -2.50. The Morgan fingerprint density at radius 1 is 1.21 bits per heavy atom. The molecule has 0 bridgehead atoms. The summed E-state index contributed by atoms with van der Waals surface area (Å²) in [6, 6.07) is 10.1. The topological polar surface area (TPSA) is 117 Å². The van der Waals surface area contributed by atoms with Crippen molar-refractivity contribution in [3.8, 4) is 23.3 Å². The van der Waals surface area contributed by atoms with E-state index in [1.807, 2.05) is 19.0 Å². The third-order valence-electron chi connectivity index (χ3n) is 6.48. The van der Waals surface area contributed by atoms with Gasteiger partial charge in [0.25, 0.3) is 0 Å². The second-order valence-electron chi connectivity index (χ2n) is 9.91. The molecule has 2 aromatic carbocycles. The van der Waals surface area contributed by atoms with Crippen LogP contribution in [0.15, 0.2) is 52.3 Å². The van der Waals surface area contributed by atoms with Crippen molar-refractivity contribution in [2.75, 3.05) is 54.5 Å². The minimum absolute atomic E-state index is 0.0333. The number of likely N-dealkylation sites (N-methyl/N-ethyl adjacent to an activating group) is 1. The van der Waals surface area contributed by atoms with Crippen LogP contribution in [0.25, 0.3) is 0 Å². The lowest BCUT2D eigenvalue weighted by molar-refractivity contribution is 0.0904. The van der Waals surface area contributed by atoms with Gasteiger partial charge in [-0.15, -0.1) is 0 Å². The van der Waals surface area contributed by atoms with Gasteiger partial charge in [0, 0.05) is 37.2 Å². The molecular weight excluding hydrogens is 542 g/mol. The molecule has 0 unspecified atom stereocenters. The van der Waals surface area contributed by atoms with E-state index in [9.17, 15) is 21.9 Å². The van der Waals surface area contributed by atoms with Crippen molar-refractivity contribution in [2.45, 2.75) is 35.8 Å². The van der Waals surface area contributed by atoms with Crippen LogP contribution in [0, 0.1) is 17.8 Å². The number of hydrogen-bond acceptors (Lipinski definition) is 8. The van der Waals surface area contributed by atoms with E-state index in [-0.39, 0.29) is 35.2 Å². The first kappa shape index (κ1) is 30.9. The summed E-state index contributed by atoms with van der Waals surface area (Å²) in [5.41, 5.74) is 0.567. The average Bonchev–Trinajstić information content (AvgIpc) is 2.89. The Morgan fingerprint density at radius 3 is 2.56 bits per heavy atom.